The average molecular weight is 456 g/mol. The topological polar surface area (TPSA) is 85.8 Å². The molecule has 4 rings (SSSR count). The first-order chi connectivity index (χ1) is 15.0. The zero-order valence-corrected chi connectivity index (χ0v) is 18.1. The molecule has 0 aliphatic rings. The van der Waals surface area contributed by atoms with Crippen molar-refractivity contribution >= 4 is 40.6 Å². The van der Waals surface area contributed by atoms with E-state index < -0.39 is 0 Å². The van der Waals surface area contributed by atoms with Gasteiger partial charge in [0.05, 0.1) is 16.4 Å². The van der Waals surface area contributed by atoms with Crippen molar-refractivity contribution in [2.24, 2.45) is 0 Å². The Bertz CT molecular complexity index is 1300. The molecule has 0 fully saturated rings. The number of halogens is 1. The van der Waals surface area contributed by atoms with E-state index in [1.807, 2.05) is 18.2 Å². The summed E-state index contributed by atoms with van der Waals surface area (Å²) in [5.41, 5.74) is 1.47. The SMILES string of the molecule is Cc1cc2nc(CSc3ccccc3NC(=O)COc3ccccc3Cl)cc(=O)n2o1. The molecule has 7 nitrogen and oxygen atoms in total. The van der Waals surface area contributed by atoms with E-state index in [0.29, 0.717) is 39.3 Å². The Morgan fingerprint density at radius 1 is 1.19 bits per heavy atom. The molecule has 1 N–H and O–H groups in total. The van der Waals surface area contributed by atoms with Gasteiger partial charge in [-0.05, 0) is 31.2 Å². The van der Waals surface area contributed by atoms with Crippen LogP contribution in [0.5, 0.6) is 5.75 Å². The van der Waals surface area contributed by atoms with Gasteiger partial charge in [0.2, 0.25) is 0 Å². The fourth-order valence-electron chi connectivity index (χ4n) is 2.89. The summed E-state index contributed by atoms with van der Waals surface area (Å²) in [6.45, 7) is 1.59. The molecule has 9 heteroatoms. The fraction of sp³-hybridized carbons (Fsp3) is 0.136. The zero-order chi connectivity index (χ0) is 21.8. The number of thioether (sulfide) groups is 1. The van der Waals surface area contributed by atoms with Gasteiger partial charge in [-0.2, -0.15) is 0 Å². The number of fused-ring (bicyclic) bond motifs is 1. The summed E-state index contributed by atoms with van der Waals surface area (Å²) in [6, 6.07) is 17.5. The van der Waals surface area contributed by atoms with Crippen LogP contribution in [0, 0.1) is 6.92 Å². The number of benzene rings is 2. The van der Waals surface area contributed by atoms with E-state index in [1.165, 1.54) is 17.8 Å². The third kappa shape index (κ3) is 5.10. The van der Waals surface area contributed by atoms with Crippen molar-refractivity contribution in [2.75, 3.05) is 11.9 Å². The minimum absolute atomic E-state index is 0.169. The number of rotatable bonds is 7. The highest BCUT2D eigenvalue weighted by atomic mass is 35.5. The molecule has 0 saturated carbocycles. The van der Waals surface area contributed by atoms with Crippen LogP contribution < -0.4 is 15.6 Å². The number of nitrogens with one attached hydrogen (secondary N) is 1. The predicted octanol–water partition coefficient (Wildman–Crippen LogP) is 4.56. The molecule has 2 aromatic heterocycles. The van der Waals surface area contributed by atoms with Crippen molar-refractivity contribution in [3.05, 3.63) is 87.5 Å². The highest BCUT2D eigenvalue weighted by molar-refractivity contribution is 7.98. The maximum absolute atomic E-state index is 12.4. The second-order valence-electron chi connectivity index (χ2n) is 6.64. The van der Waals surface area contributed by atoms with Gasteiger partial charge in [-0.3, -0.25) is 9.59 Å². The fourth-order valence-corrected chi connectivity index (χ4v) is 3.98. The van der Waals surface area contributed by atoms with Gasteiger partial charge in [0.25, 0.3) is 11.5 Å². The van der Waals surface area contributed by atoms with Gasteiger partial charge in [-0.25, -0.2) is 4.98 Å². The number of aryl methyl sites for hydroxylation is 1. The smallest absolute Gasteiger partial charge is 0.287 e. The average Bonchev–Trinajstić information content (AvgIpc) is 3.13. The molecule has 0 saturated heterocycles. The Labute approximate surface area is 187 Å². The van der Waals surface area contributed by atoms with Gasteiger partial charge in [0.1, 0.15) is 11.5 Å². The lowest BCUT2D eigenvalue weighted by molar-refractivity contribution is -0.118. The van der Waals surface area contributed by atoms with Crippen LogP contribution in [0.1, 0.15) is 11.5 Å². The Kier molecular flexibility index (Phi) is 6.29. The molecule has 0 aliphatic heterocycles. The van der Waals surface area contributed by atoms with Crippen molar-refractivity contribution in [3.8, 4) is 5.75 Å². The lowest BCUT2D eigenvalue weighted by atomic mass is 10.3. The minimum Gasteiger partial charge on any atom is -0.482 e. The monoisotopic (exact) mass is 455 g/mol. The van der Waals surface area contributed by atoms with E-state index in [-0.39, 0.29) is 18.1 Å². The second kappa shape index (κ2) is 9.28. The number of aromatic nitrogens is 2. The second-order valence-corrected chi connectivity index (χ2v) is 8.06. The predicted molar refractivity (Wildman–Crippen MR) is 120 cm³/mol. The van der Waals surface area contributed by atoms with Crippen molar-refractivity contribution in [3.63, 3.8) is 0 Å². The van der Waals surface area contributed by atoms with E-state index in [4.69, 9.17) is 20.9 Å². The lowest BCUT2D eigenvalue weighted by Gasteiger charge is -2.12. The van der Waals surface area contributed by atoms with Crippen molar-refractivity contribution in [1.82, 2.24) is 9.56 Å². The molecule has 31 heavy (non-hydrogen) atoms. The third-order valence-electron chi connectivity index (χ3n) is 4.26. The lowest BCUT2D eigenvalue weighted by Crippen LogP contribution is -2.20. The highest BCUT2D eigenvalue weighted by Gasteiger charge is 2.11. The van der Waals surface area contributed by atoms with Crippen LogP contribution in [-0.2, 0) is 10.5 Å². The highest BCUT2D eigenvalue weighted by Crippen LogP contribution is 2.29. The van der Waals surface area contributed by atoms with Gasteiger partial charge >= 0.3 is 0 Å². The van der Waals surface area contributed by atoms with Crippen LogP contribution in [0.3, 0.4) is 0 Å². The molecule has 2 aromatic carbocycles. The summed E-state index contributed by atoms with van der Waals surface area (Å²) in [6.07, 6.45) is 0. The van der Waals surface area contributed by atoms with Gasteiger partial charge in [-0.15, -0.1) is 16.3 Å². The Morgan fingerprint density at radius 3 is 2.81 bits per heavy atom. The van der Waals surface area contributed by atoms with Crippen molar-refractivity contribution in [1.29, 1.82) is 0 Å². The molecule has 4 aromatic rings. The van der Waals surface area contributed by atoms with Gasteiger partial charge < -0.3 is 14.6 Å². The molecule has 158 valence electrons. The third-order valence-corrected chi connectivity index (χ3v) is 5.68. The molecule has 0 unspecified atom stereocenters. The van der Waals surface area contributed by atoms with Crippen LogP contribution >= 0.6 is 23.4 Å². The maximum Gasteiger partial charge on any atom is 0.287 e. The molecule has 0 aliphatic carbocycles. The number of ether oxygens (including phenoxy) is 1. The van der Waals surface area contributed by atoms with Gasteiger partial charge in [0, 0.05) is 22.8 Å². The molecule has 0 spiro atoms. The molecule has 0 atom stereocenters. The van der Waals surface area contributed by atoms with Crippen LogP contribution in [0.4, 0.5) is 5.69 Å². The number of carbonyl (C=O) groups excluding carboxylic acids is 1. The number of hydrogen-bond donors (Lipinski definition) is 1. The maximum atomic E-state index is 12.4. The summed E-state index contributed by atoms with van der Waals surface area (Å²) < 4.78 is 12.0. The molecule has 2 heterocycles. The van der Waals surface area contributed by atoms with Crippen LogP contribution in [0.2, 0.25) is 5.02 Å². The number of anilines is 1. The number of amides is 1. The normalized spacial score (nSPS) is 10.9. The van der Waals surface area contributed by atoms with Crippen LogP contribution in [0.25, 0.3) is 5.65 Å². The Hall–Kier alpha value is -3.23. The van der Waals surface area contributed by atoms with Gasteiger partial charge in [-0.1, -0.05) is 35.9 Å². The quantitative estimate of drug-likeness (QED) is 0.411. The van der Waals surface area contributed by atoms with E-state index in [1.54, 1.807) is 43.3 Å². The zero-order valence-electron chi connectivity index (χ0n) is 16.5. The standard InChI is InChI=1S/C22H18ClN3O4S/c1-14-10-20-24-15(11-22(28)26(20)30-14)13-31-19-9-5-3-7-17(19)25-21(27)12-29-18-8-4-2-6-16(18)23/h2-11H,12-13H2,1H3,(H,25,27). The van der Waals surface area contributed by atoms with Crippen molar-refractivity contribution < 1.29 is 14.1 Å². The van der Waals surface area contributed by atoms with E-state index in [0.717, 1.165) is 9.47 Å². The van der Waals surface area contributed by atoms with Crippen LogP contribution in [0.15, 0.2) is 74.9 Å². The summed E-state index contributed by atoms with van der Waals surface area (Å²) in [4.78, 5) is 29.9. The summed E-state index contributed by atoms with van der Waals surface area (Å²) in [7, 11) is 0. The first-order valence-corrected chi connectivity index (χ1v) is 10.7. The van der Waals surface area contributed by atoms with E-state index in [9.17, 15) is 9.59 Å². The number of nitrogens with zero attached hydrogens (tertiary/aromatic N) is 2. The Morgan fingerprint density at radius 2 is 1.97 bits per heavy atom. The Balaban J connectivity index is 1.42. The summed E-state index contributed by atoms with van der Waals surface area (Å²) in [5, 5.41) is 3.30. The van der Waals surface area contributed by atoms with Crippen LogP contribution in [-0.4, -0.2) is 22.1 Å². The first kappa shape index (κ1) is 21.0. The van der Waals surface area contributed by atoms with Gasteiger partial charge in [0.15, 0.2) is 12.3 Å². The minimum atomic E-state index is -0.306. The summed E-state index contributed by atoms with van der Waals surface area (Å²) >= 11 is 7.51. The number of hydrogen-bond acceptors (Lipinski definition) is 6. The molecule has 0 bridgehead atoms. The van der Waals surface area contributed by atoms with E-state index >= 15 is 0 Å². The molecule has 0 radical (unpaired) electrons. The molecular formula is C22H18ClN3O4S. The number of para-hydroxylation sites is 2. The first-order valence-electron chi connectivity index (χ1n) is 9.38. The molecular weight excluding hydrogens is 438 g/mol. The summed E-state index contributed by atoms with van der Waals surface area (Å²) in [5.74, 6) is 1.21. The largest absolute Gasteiger partial charge is 0.482 e. The number of carbonyl (C=O) groups is 1. The molecule has 1 amide bonds. The van der Waals surface area contributed by atoms with Crippen molar-refractivity contribution in [2.45, 2.75) is 17.6 Å². The van der Waals surface area contributed by atoms with E-state index in [2.05, 4.69) is 10.3 Å².